The van der Waals surface area contributed by atoms with E-state index in [2.05, 4.69) is 0 Å². The molecule has 1 rings (SSSR count). The molecular formula is C7H16N2O2Pt. The molecular weight excluding hydrogens is 339 g/mol. The third kappa shape index (κ3) is 2.78. The average Bonchev–Trinajstić information content (AvgIpc) is 2.25. The molecule has 0 radical (unpaired) electrons. The maximum absolute atomic E-state index is 5.47. The number of nitrogens with two attached hydrogens (primary N) is 2. The second kappa shape index (κ2) is 4.68. The van der Waals surface area contributed by atoms with Crippen LogP contribution in [-0.4, -0.2) is 31.1 Å². The second-order valence-corrected chi connectivity index (χ2v) is 3.18. The summed E-state index contributed by atoms with van der Waals surface area (Å²) in [6, 6.07) is 0. The minimum Gasteiger partial charge on any atom is -0.343 e. The van der Waals surface area contributed by atoms with Gasteiger partial charge in [0.05, 0.1) is 0 Å². The summed E-state index contributed by atoms with van der Waals surface area (Å²) in [6.07, 6.45) is -0.0926. The topological polar surface area (TPSA) is 70.5 Å². The van der Waals surface area contributed by atoms with Crippen LogP contribution in [-0.2, 0) is 30.5 Å². The van der Waals surface area contributed by atoms with Gasteiger partial charge in [0, 0.05) is 34.2 Å². The molecule has 2 atom stereocenters. The molecule has 0 unspecified atom stereocenters. The molecule has 4 N–H and O–H groups in total. The molecule has 12 heavy (non-hydrogen) atoms. The van der Waals surface area contributed by atoms with Gasteiger partial charge in [-0.3, -0.25) is 0 Å². The zero-order chi connectivity index (χ0) is 8.48. The molecule has 0 aromatic rings. The molecule has 0 aromatic heterocycles. The van der Waals surface area contributed by atoms with Gasteiger partial charge in [0.1, 0.15) is 12.2 Å². The zero-order valence-electron chi connectivity index (χ0n) is 7.36. The SMILES string of the molecule is CC1(C)O[C@H](CN)[C@@H](CN)O1.[Pt]. The van der Waals surface area contributed by atoms with Crippen LogP contribution in [0.3, 0.4) is 0 Å². The van der Waals surface area contributed by atoms with E-state index in [0.717, 1.165) is 0 Å². The number of ether oxygens (including phenoxy) is 2. The second-order valence-electron chi connectivity index (χ2n) is 3.18. The van der Waals surface area contributed by atoms with Crippen LogP contribution < -0.4 is 11.5 Å². The molecule has 1 heterocycles. The van der Waals surface area contributed by atoms with Crippen LogP contribution in [0.25, 0.3) is 0 Å². The molecule has 4 nitrogen and oxygen atoms in total. The van der Waals surface area contributed by atoms with Gasteiger partial charge in [-0.1, -0.05) is 0 Å². The molecule has 0 saturated carbocycles. The summed E-state index contributed by atoms with van der Waals surface area (Å²) >= 11 is 0. The van der Waals surface area contributed by atoms with Gasteiger partial charge < -0.3 is 20.9 Å². The summed E-state index contributed by atoms with van der Waals surface area (Å²) in [5.74, 6) is -0.520. The molecule has 0 spiro atoms. The Morgan fingerprint density at radius 1 is 1.08 bits per heavy atom. The van der Waals surface area contributed by atoms with Crippen molar-refractivity contribution >= 4 is 0 Å². The van der Waals surface area contributed by atoms with Crippen LogP contribution in [0.2, 0.25) is 0 Å². The van der Waals surface area contributed by atoms with Crippen LogP contribution >= 0.6 is 0 Å². The van der Waals surface area contributed by atoms with Gasteiger partial charge in [0.25, 0.3) is 0 Å². The first-order chi connectivity index (χ1) is 5.09. The molecule has 1 aliphatic heterocycles. The van der Waals surface area contributed by atoms with E-state index in [1.165, 1.54) is 0 Å². The molecule has 76 valence electrons. The Morgan fingerprint density at radius 3 is 1.67 bits per heavy atom. The summed E-state index contributed by atoms with van der Waals surface area (Å²) in [4.78, 5) is 0. The predicted molar refractivity (Wildman–Crippen MR) is 41.9 cm³/mol. The third-order valence-electron chi connectivity index (χ3n) is 1.75. The van der Waals surface area contributed by atoms with E-state index >= 15 is 0 Å². The Hall–Kier alpha value is 0.528. The van der Waals surface area contributed by atoms with E-state index in [0.29, 0.717) is 13.1 Å². The molecule has 0 amide bonds. The minimum absolute atomic E-state index is 0. The Kier molecular flexibility index (Phi) is 4.88. The summed E-state index contributed by atoms with van der Waals surface area (Å²) in [6.45, 7) is 4.66. The quantitative estimate of drug-likeness (QED) is 0.696. The summed E-state index contributed by atoms with van der Waals surface area (Å²) in [7, 11) is 0. The molecule has 0 aromatic carbocycles. The monoisotopic (exact) mass is 355 g/mol. The largest absolute Gasteiger partial charge is 0.343 e. The van der Waals surface area contributed by atoms with Crippen molar-refractivity contribution in [3.63, 3.8) is 0 Å². The summed E-state index contributed by atoms with van der Waals surface area (Å²) in [5, 5.41) is 0. The Balaban J connectivity index is 0.00000121. The van der Waals surface area contributed by atoms with Gasteiger partial charge in [-0.15, -0.1) is 0 Å². The average molecular weight is 355 g/mol. The Morgan fingerprint density at radius 2 is 1.42 bits per heavy atom. The van der Waals surface area contributed by atoms with E-state index in [9.17, 15) is 0 Å². The van der Waals surface area contributed by atoms with Crippen molar-refractivity contribution in [2.45, 2.75) is 31.8 Å². The van der Waals surface area contributed by atoms with Crippen LogP contribution in [0.5, 0.6) is 0 Å². The third-order valence-corrected chi connectivity index (χ3v) is 1.75. The minimum atomic E-state index is -0.520. The van der Waals surface area contributed by atoms with Crippen molar-refractivity contribution in [1.82, 2.24) is 0 Å². The first-order valence-electron chi connectivity index (χ1n) is 3.85. The molecule has 5 heteroatoms. The molecule has 1 aliphatic rings. The van der Waals surface area contributed by atoms with Gasteiger partial charge in [0.2, 0.25) is 0 Å². The summed E-state index contributed by atoms with van der Waals surface area (Å²) < 4.78 is 10.9. The van der Waals surface area contributed by atoms with Crippen molar-refractivity contribution in [2.24, 2.45) is 11.5 Å². The fourth-order valence-electron chi connectivity index (χ4n) is 1.31. The van der Waals surface area contributed by atoms with Crippen molar-refractivity contribution in [2.75, 3.05) is 13.1 Å². The van der Waals surface area contributed by atoms with E-state index < -0.39 is 5.79 Å². The van der Waals surface area contributed by atoms with E-state index in [1.807, 2.05) is 13.8 Å². The molecule has 0 bridgehead atoms. The fourth-order valence-corrected chi connectivity index (χ4v) is 1.31. The predicted octanol–water partition coefficient (Wildman–Crippen LogP) is -0.579. The Bertz CT molecular complexity index is 129. The van der Waals surface area contributed by atoms with Gasteiger partial charge in [0.15, 0.2) is 5.79 Å². The maximum Gasteiger partial charge on any atom is 0.163 e. The Labute approximate surface area is 87.2 Å². The number of hydrogen-bond acceptors (Lipinski definition) is 4. The van der Waals surface area contributed by atoms with E-state index in [1.54, 1.807) is 0 Å². The first kappa shape index (κ1) is 12.5. The first-order valence-corrected chi connectivity index (χ1v) is 3.85. The van der Waals surface area contributed by atoms with Gasteiger partial charge in [-0.2, -0.15) is 0 Å². The number of hydrogen-bond donors (Lipinski definition) is 2. The van der Waals surface area contributed by atoms with E-state index in [-0.39, 0.29) is 33.3 Å². The van der Waals surface area contributed by atoms with Gasteiger partial charge in [-0.05, 0) is 13.8 Å². The molecule has 1 fully saturated rings. The van der Waals surface area contributed by atoms with Crippen LogP contribution in [0.4, 0.5) is 0 Å². The normalized spacial score (nSPS) is 33.0. The fraction of sp³-hybridized carbons (Fsp3) is 1.00. The number of rotatable bonds is 2. The standard InChI is InChI=1S/C7H16N2O2.Pt/c1-7(2)10-5(3-8)6(4-9)11-7;/h5-6H,3-4,8-9H2,1-2H3;/t5-,6-;/m1./s1. The maximum atomic E-state index is 5.47. The van der Waals surface area contributed by atoms with Crippen molar-refractivity contribution in [3.8, 4) is 0 Å². The van der Waals surface area contributed by atoms with Gasteiger partial charge >= 0.3 is 0 Å². The van der Waals surface area contributed by atoms with Crippen molar-refractivity contribution in [1.29, 1.82) is 0 Å². The van der Waals surface area contributed by atoms with Crippen LogP contribution in [0.1, 0.15) is 13.8 Å². The van der Waals surface area contributed by atoms with Crippen LogP contribution in [0, 0.1) is 0 Å². The molecule has 0 aliphatic carbocycles. The van der Waals surface area contributed by atoms with Gasteiger partial charge in [-0.25, -0.2) is 0 Å². The molecule has 1 saturated heterocycles. The van der Waals surface area contributed by atoms with Crippen LogP contribution in [0.15, 0.2) is 0 Å². The zero-order valence-corrected chi connectivity index (χ0v) is 9.63. The van der Waals surface area contributed by atoms with Crippen molar-refractivity contribution in [3.05, 3.63) is 0 Å². The van der Waals surface area contributed by atoms with Crippen molar-refractivity contribution < 1.29 is 30.5 Å². The summed E-state index contributed by atoms with van der Waals surface area (Å²) in [5.41, 5.74) is 10.9. The smallest absolute Gasteiger partial charge is 0.163 e. The van der Waals surface area contributed by atoms with E-state index in [4.69, 9.17) is 20.9 Å².